The largest absolute Gasteiger partial charge is 0.353 e. The molecular formula is C18H27ClN4O3. The van der Waals surface area contributed by atoms with Gasteiger partial charge in [-0.3, -0.25) is 14.4 Å². The van der Waals surface area contributed by atoms with E-state index in [0.717, 1.165) is 5.56 Å². The molecule has 7 nitrogen and oxygen atoms in total. The van der Waals surface area contributed by atoms with E-state index < -0.39 is 6.04 Å². The molecule has 144 valence electrons. The normalized spacial score (nSPS) is 15.1. The van der Waals surface area contributed by atoms with Crippen molar-refractivity contribution in [3.8, 4) is 0 Å². The highest BCUT2D eigenvalue weighted by molar-refractivity contribution is 5.97. The first kappa shape index (κ1) is 21.9. The summed E-state index contributed by atoms with van der Waals surface area (Å²) < 4.78 is 0. The third-order valence-electron chi connectivity index (χ3n) is 4.06. The number of carbonyl (C=O) groups excluding carboxylic acids is 3. The second-order valence-corrected chi connectivity index (χ2v) is 6.73. The second kappa shape index (κ2) is 10.1. The molecule has 1 aromatic carbocycles. The lowest BCUT2D eigenvalue weighted by molar-refractivity contribution is -0.123. The Morgan fingerprint density at radius 3 is 2.50 bits per heavy atom. The lowest BCUT2D eigenvalue weighted by atomic mass is 10.0. The average Bonchev–Trinajstić information content (AvgIpc) is 2.59. The molecule has 1 fully saturated rings. The van der Waals surface area contributed by atoms with Crippen LogP contribution in [-0.2, 0) is 16.1 Å². The van der Waals surface area contributed by atoms with Crippen LogP contribution in [0.5, 0.6) is 0 Å². The SMILES string of the molecule is CC(C)C[C@H](N)C(=O)NCc1ccc(C(=O)N2CCNC(=O)C2)cc1.Cl. The molecule has 1 saturated heterocycles. The highest BCUT2D eigenvalue weighted by Gasteiger charge is 2.22. The maximum atomic E-state index is 12.4. The first-order chi connectivity index (χ1) is 11.9. The van der Waals surface area contributed by atoms with Gasteiger partial charge < -0.3 is 21.3 Å². The van der Waals surface area contributed by atoms with Gasteiger partial charge in [0.1, 0.15) is 0 Å². The van der Waals surface area contributed by atoms with Crippen molar-refractivity contribution in [3.63, 3.8) is 0 Å². The standard InChI is InChI=1S/C18H26N4O3.ClH/c1-12(2)9-15(19)17(24)21-10-13-3-5-14(6-4-13)18(25)22-8-7-20-16(23)11-22;/h3-6,12,15H,7-11,19H2,1-2H3,(H,20,23)(H,21,24);1H/t15-;/m0./s1. The molecule has 0 spiro atoms. The van der Waals surface area contributed by atoms with Gasteiger partial charge in [-0.2, -0.15) is 0 Å². The maximum absolute atomic E-state index is 12.4. The van der Waals surface area contributed by atoms with E-state index in [0.29, 0.717) is 37.5 Å². The van der Waals surface area contributed by atoms with Gasteiger partial charge in [-0.1, -0.05) is 26.0 Å². The molecule has 0 saturated carbocycles. The third kappa shape index (κ3) is 6.31. The van der Waals surface area contributed by atoms with Crippen LogP contribution in [0.1, 0.15) is 36.2 Å². The molecule has 1 aromatic rings. The summed E-state index contributed by atoms with van der Waals surface area (Å²) in [7, 11) is 0. The molecule has 0 bridgehead atoms. The molecule has 0 unspecified atom stereocenters. The van der Waals surface area contributed by atoms with Crippen molar-refractivity contribution >= 4 is 30.1 Å². The van der Waals surface area contributed by atoms with Crippen LogP contribution >= 0.6 is 12.4 Å². The molecule has 2 rings (SSSR count). The molecule has 1 heterocycles. The van der Waals surface area contributed by atoms with Gasteiger partial charge >= 0.3 is 0 Å². The number of nitrogens with two attached hydrogens (primary N) is 1. The van der Waals surface area contributed by atoms with Crippen LogP contribution in [-0.4, -0.2) is 48.3 Å². The zero-order chi connectivity index (χ0) is 18.4. The van der Waals surface area contributed by atoms with E-state index in [2.05, 4.69) is 10.6 Å². The number of benzene rings is 1. The Morgan fingerprint density at radius 1 is 1.27 bits per heavy atom. The average molecular weight is 383 g/mol. The van der Waals surface area contributed by atoms with Crippen molar-refractivity contribution in [2.75, 3.05) is 19.6 Å². The molecule has 0 aliphatic carbocycles. The molecule has 0 aromatic heterocycles. The Labute approximate surface area is 160 Å². The molecule has 3 amide bonds. The summed E-state index contributed by atoms with van der Waals surface area (Å²) in [6.07, 6.45) is 0.642. The van der Waals surface area contributed by atoms with E-state index in [-0.39, 0.29) is 36.7 Å². The van der Waals surface area contributed by atoms with E-state index in [9.17, 15) is 14.4 Å². The van der Waals surface area contributed by atoms with E-state index in [1.165, 1.54) is 4.90 Å². The highest BCUT2D eigenvalue weighted by Crippen LogP contribution is 2.09. The predicted octanol–water partition coefficient (Wildman–Crippen LogP) is 0.670. The van der Waals surface area contributed by atoms with Crippen molar-refractivity contribution in [1.29, 1.82) is 0 Å². The number of piperazine rings is 1. The van der Waals surface area contributed by atoms with Crippen molar-refractivity contribution in [3.05, 3.63) is 35.4 Å². The van der Waals surface area contributed by atoms with E-state index in [1.807, 2.05) is 13.8 Å². The van der Waals surface area contributed by atoms with Crippen LogP contribution in [0.25, 0.3) is 0 Å². The lowest BCUT2D eigenvalue weighted by Crippen LogP contribution is -2.49. The first-order valence-corrected chi connectivity index (χ1v) is 8.55. The van der Waals surface area contributed by atoms with Gasteiger partial charge in [-0.25, -0.2) is 0 Å². The van der Waals surface area contributed by atoms with Gasteiger partial charge in [0, 0.05) is 25.2 Å². The molecule has 0 radical (unpaired) electrons. The number of amides is 3. The Hall–Kier alpha value is -2.12. The number of nitrogens with one attached hydrogen (secondary N) is 2. The molecule has 1 aliphatic rings. The maximum Gasteiger partial charge on any atom is 0.254 e. The Morgan fingerprint density at radius 2 is 1.92 bits per heavy atom. The minimum atomic E-state index is -0.508. The fourth-order valence-electron chi connectivity index (χ4n) is 2.69. The van der Waals surface area contributed by atoms with Crippen LogP contribution < -0.4 is 16.4 Å². The summed E-state index contributed by atoms with van der Waals surface area (Å²) in [6, 6.07) is 6.51. The summed E-state index contributed by atoms with van der Waals surface area (Å²) in [4.78, 5) is 37.2. The summed E-state index contributed by atoms with van der Waals surface area (Å²) in [5.74, 6) is -0.114. The van der Waals surface area contributed by atoms with Crippen molar-refractivity contribution in [2.45, 2.75) is 32.9 Å². The number of rotatable bonds is 6. The van der Waals surface area contributed by atoms with E-state index >= 15 is 0 Å². The minimum absolute atomic E-state index is 0. The molecule has 26 heavy (non-hydrogen) atoms. The quantitative estimate of drug-likeness (QED) is 0.672. The van der Waals surface area contributed by atoms with Gasteiger partial charge in [0.05, 0.1) is 12.6 Å². The van der Waals surface area contributed by atoms with Crippen molar-refractivity contribution < 1.29 is 14.4 Å². The predicted molar refractivity (Wildman–Crippen MR) is 102 cm³/mol. The zero-order valence-corrected chi connectivity index (χ0v) is 16.0. The van der Waals surface area contributed by atoms with Crippen LogP contribution in [0, 0.1) is 5.92 Å². The number of hydrogen-bond acceptors (Lipinski definition) is 4. The summed E-state index contributed by atoms with van der Waals surface area (Å²) in [6.45, 7) is 5.49. The smallest absolute Gasteiger partial charge is 0.254 e. The van der Waals surface area contributed by atoms with Crippen molar-refractivity contribution in [1.82, 2.24) is 15.5 Å². The Bertz CT molecular complexity index is 634. The van der Waals surface area contributed by atoms with Crippen LogP contribution in [0.4, 0.5) is 0 Å². The number of halogens is 1. The van der Waals surface area contributed by atoms with Gasteiger partial charge in [0.25, 0.3) is 5.91 Å². The molecular weight excluding hydrogens is 356 g/mol. The van der Waals surface area contributed by atoms with E-state index in [4.69, 9.17) is 5.73 Å². The van der Waals surface area contributed by atoms with Gasteiger partial charge in [0.15, 0.2) is 0 Å². The summed E-state index contributed by atoms with van der Waals surface area (Å²) >= 11 is 0. The monoisotopic (exact) mass is 382 g/mol. The van der Waals surface area contributed by atoms with Gasteiger partial charge in [0.2, 0.25) is 11.8 Å². The second-order valence-electron chi connectivity index (χ2n) is 6.73. The molecule has 1 aliphatic heterocycles. The summed E-state index contributed by atoms with van der Waals surface area (Å²) in [5.41, 5.74) is 7.26. The summed E-state index contributed by atoms with van der Waals surface area (Å²) in [5, 5.41) is 5.50. The van der Waals surface area contributed by atoms with Crippen LogP contribution in [0.15, 0.2) is 24.3 Å². The molecule has 4 N–H and O–H groups in total. The molecule has 8 heteroatoms. The number of nitrogens with zero attached hydrogens (tertiary/aromatic N) is 1. The van der Waals surface area contributed by atoms with Gasteiger partial charge in [-0.05, 0) is 30.0 Å². The van der Waals surface area contributed by atoms with Crippen molar-refractivity contribution in [2.24, 2.45) is 11.7 Å². The number of carbonyl (C=O) groups is 3. The Kier molecular flexibility index (Phi) is 8.54. The van der Waals surface area contributed by atoms with Crippen LogP contribution in [0.3, 0.4) is 0 Å². The Balaban J connectivity index is 0.00000338. The zero-order valence-electron chi connectivity index (χ0n) is 15.2. The number of hydrogen-bond donors (Lipinski definition) is 3. The third-order valence-corrected chi connectivity index (χ3v) is 4.06. The fourth-order valence-corrected chi connectivity index (χ4v) is 2.69. The lowest BCUT2D eigenvalue weighted by Gasteiger charge is -2.26. The van der Waals surface area contributed by atoms with Crippen LogP contribution in [0.2, 0.25) is 0 Å². The van der Waals surface area contributed by atoms with Gasteiger partial charge in [-0.15, -0.1) is 12.4 Å². The first-order valence-electron chi connectivity index (χ1n) is 8.55. The fraction of sp³-hybridized carbons (Fsp3) is 0.500. The highest BCUT2D eigenvalue weighted by atomic mass is 35.5. The topological polar surface area (TPSA) is 105 Å². The molecule has 1 atom stereocenters. The minimum Gasteiger partial charge on any atom is -0.353 e. The van der Waals surface area contributed by atoms with E-state index in [1.54, 1.807) is 24.3 Å².